The van der Waals surface area contributed by atoms with Crippen LogP contribution in [0.3, 0.4) is 0 Å². The second kappa shape index (κ2) is 25.0. The SMILES string of the molecule is CCC(C)C(C(CC(=O)N1CCCC1C(OC)C(C)C(=O)NC(Cc1ccccc1)c1nccs1)OC)N(C)C(=O)CNC(=O)C(NC)C(C)C.CCCO. The second-order valence-electron chi connectivity index (χ2n) is 14.7. The first-order valence-electron chi connectivity index (χ1n) is 19.7. The van der Waals surface area contributed by atoms with Crippen LogP contribution >= 0.6 is 11.3 Å². The number of hydrogen-bond donors (Lipinski definition) is 4. The van der Waals surface area contributed by atoms with Gasteiger partial charge in [0.15, 0.2) is 0 Å². The van der Waals surface area contributed by atoms with E-state index in [0.29, 0.717) is 26.0 Å². The van der Waals surface area contributed by atoms with Crippen LogP contribution in [0.25, 0.3) is 0 Å². The van der Waals surface area contributed by atoms with Crippen molar-refractivity contribution in [3.8, 4) is 0 Å². The molecule has 2 heterocycles. The van der Waals surface area contributed by atoms with Crippen LogP contribution in [0.2, 0.25) is 0 Å². The van der Waals surface area contributed by atoms with Gasteiger partial charge in [-0.1, -0.05) is 78.3 Å². The first-order valence-corrected chi connectivity index (χ1v) is 20.6. The maximum Gasteiger partial charge on any atom is 0.242 e. The van der Waals surface area contributed by atoms with Crippen LogP contribution in [0.4, 0.5) is 0 Å². The van der Waals surface area contributed by atoms with Crippen LogP contribution in [0.1, 0.15) is 90.3 Å². The Kier molecular flexibility index (Phi) is 21.6. The number of aliphatic hydroxyl groups is 1. The zero-order valence-electron chi connectivity index (χ0n) is 34.7. The zero-order valence-corrected chi connectivity index (χ0v) is 35.6. The number of carbonyl (C=O) groups is 4. The summed E-state index contributed by atoms with van der Waals surface area (Å²) < 4.78 is 11.9. The minimum absolute atomic E-state index is 0.0135. The lowest BCUT2D eigenvalue weighted by atomic mass is 9.90. The summed E-state index contributed by atoms with van der Waals surface area (Å²) in [6.07, 6.45) is 4.41. The van der Waals surface area contributed by atoms with E-state index in [1.54, 1.807) is 39.4 Å². The van der Waals surface area contributed by atoms with Gasteiger partial charge in [0.25, 0.3) is 0 Å². The van der Waals surface area contributed by atoms with Crippen LogP contribution in [0.5, 0.6) is 0 Å². The molecule has 14 heteroatoms. The molecule has 1 aliphatic heterocycles. The largest absolute Gasteiger partial charge is 0.396 e. The van der Waals surface area contributed by atoms with Gasteiger partial charge in [0.05, 0.1) is 55.3 Å². The van der Waals surface area contributed by atoms with E-state index in [9.17, 15) is 19.2 Å². The molecule has 0 bridgehead atoms. The summed E-state index contributed by atoms with van der Waals surface area (Å²) >= 11 is 1.50. The van der Waals surface area contributed by atoms with Gasteiger partial charge in [-0.2, -0.15) is 0 Å². The summed E-state index contributed by atoms with van der Waals surface area (Å²) in [5, 5.41) is 19.6. The summed E-state index contributed by atoms with van der Waals surface area (Å²) in [7, 11) is 6.58. The number of methoxy groups -OCH3 is 2. The van der Waals surface area contributed by atoms with Crippen LogP contribution < -0.4 is 16.0 Å². The third kappa shape index (κ3) is 14.2. The van der Waals surface area contributed by atoms with Crippen molar-refractivity contribution in [1.29, 1.82) is 0 Å². The Bertz CT molecular complexity index is 1410. The molecule has 2 aromatic rings. The van der Waals surface area contributed by atoms with Crippen molar-refractivity contribution in [2.75, 3.05) is 48.0 Å². The number of aromatic nitrogens is 1. The van der Waals surface area contributed by atoms with Gasteiger partial charge in [0.1, 0.15) is 5.01 Å². The van der Waals surface area contributed by atoms with Crippen LogP contribution in [-0.2, 0) is 35.1 Å². The molecule has 310 valence electrons. The van der Waals surface area contributed by atoms with Gasteiger partial charge in [-0.3, -0.25) is 19.2 Å². The molecule has 3 rings (SSSR count). The van der Waals surface area contributed by atoms with Crippen molar-refractivity contribution in [3.63, 3.8) is 0 Å². The summed E-state index contributed by atoms with van der Waals surface area (Å²) in [6, 6.07) is 8.58. The molecule has 4 N–H and O–H groups in total. The lowest BCUT2D eigenvalue weighted by molar-refractivity contribution is -0.146. The lowest BCUT2D eigenvalue weighted by Gasteiger charge is -2.39. The summed E-state index contributed by atoms with van der Waals surface area (Å²) in [5.41, 5.74) is 1.09. The van der Waals surface area contributed by atoms with Gasteiger partial charge in [0, 0.05) is 46.0 Å². The Morgan fingerprint density at radius 1 is 1.05 bits per heavy atom. The Morgan fingerprint density at radius 2 is 1.73 bits per heavy atom. The van der Waals surface area contributed by atoms with E-state index < -0.39 is 30.2 Å². The van der Waals surface area contributed by atoms with Crippen molar-refractivity contribution in [2.45, 2.75) is 116 Å². The highest BCUT2D eigenvalue weighted by molar-refractivity contribution is 7.09. The van der Waals surface area contributed by atoms with Gasteiger partial charge in [-0.15, -0.1) is 11.3 Å². The molecule has 4 amide bonds. The molecule has 0 saturated carbocycles. The van der Waals surface area contributed by atoms with Crippen molar-refractivity contribution in [1.82, 2.24) is 30.7 Å². The van der Waals surface area contributed by atoms with E-state index in [1.165, 1.54) is 11.3 Å². The van der Waals surface area contributed by atoms with Crippen LogP contribution in [0.15, 0.2) is 41.9 Å². The quantitative estimate of drug-likeness (QED) is 0.145. The normalized spacial score (nSPS) is 17.9. The standard InChI is InChI=1S/C38H60N6O6S.C3H8O/c1-10-25(4)34(43(7)32(46)23-41-37(48)33(39-6)24(2)3)30(49-8)22-31(45)44-19-14-17-29(44)35(50-9)26(5)36(47)42-28(38-40-18-20-51-38)21-27-15-12-11-13-16-27;1-2-3-4/h11-13,15-16,18,20,24-26,28-30,33-35,39H,10,14,17,19,21-23H2,1-9H3,(H,41,48)(H,42,47);4H,2-3H2,1H3. The highest BCUT2D eigenvalue weighted by atomic mass is 32.1. The number of amides is 4. The Morgan fingerprint density at radius 3 is 2.25 bits per heavy atom. The van der Waals surface area contributed by atoms with Crippen molar-refractivity contribution in [2.24, 2.45) is 17.8 Å². The van der Waals surface area contributed by atoms with Gasteiger partial charge >= 0.3 is 0 Å². The number of benzene rings is 1. The summed E-state index contributed by atoms with van der Waals surface area (Å²) in [6.45, 7) is 12.4. The van der Waals surface area contributed by atoms with Crippen LogP contribution in [0, 0.1) is 17.8 Å². The predicted molar refractivity (Wildman–Crippen MR) is 217 cm³/mol. The average molecular weight is 789 g/mol. The number of rotatable bonds is 21. The Labute approximate surface area is 333 Å². The monoisotopic (exact) mass is 788 g/mol. The highest BCUT2D eigenvalue weighted by Gasteiger charge is 2.42. The van der Waals surface area contributed by atoms with E-state index in [2.05, 4.69) is 20.9 Å². The second-order valence-corrected chi connectivity index (χ2v) is 15.6. The number of nitrogens with zero attached hydrogens (tertiary/aromatic N) is 3. The number of aliphatic hydroxyl groups excluding tert-OH is 1. The number of likely N-dealkylation sites (N-methyl/N-ethyl adjacent to an activating group) is 2. The minimum Gasteiger partial charge on any atom is -0.396 e. The molecule has 8 unspecified atom stereocenters. The number of nitrogens with one attached hydrogen (secondary N) is 3. The number of likely N-dealkylation sites (tertiary alicyclic amines) is 1. The molecule has 1 aliphatic rings. The smallest absolute Gasteiger partial charge is 0.242 e. The Balaban J connectivity index is 0.00000248. The molecule has 55 heavy (non-hydrogen) atoms. The predicted octanol–water partition coefficient (Wildman–Crippen LogP) is 4.21. The maximum absolute atomic E-state index is 14.1. The van der Waals surface area contributed by atoms with Crippen LogP contribution in [-0.4, -0.2) is 122 Å². The minimum atomic E-state index is -0.585. The highest BCUT2D eigenvalue weighted by Crippen LogP contribution is 2.30. The average Bonchev–Trinajstić information content (AvgIpc) is 3.91. The molecule has 1 fully saturated rings. The number of carbonyl (C=O) groups excluding carboxylic acids is 4. The number of ether oxygens (including phenoxy) is 2. The van der Waals surface area contributed by atoms with E-state index >= 15 is 0 Å². The van der Waals surface area contributed by atoms with E-state index in [4.69, 9.17) is 14.6 Å². The fraction of sp³-hybridized carbons (Fsp3) is 0.683. The molecule has 0 spiro atoms. The fourth-order valence-corrected chi connectivity index (χ4v) is 7.94. The van der Waals surface area contributed by atoms with Gasteiger partial charge in [-0.05, 0) is 50.1 Å². The van der Waals surface area contributed by atoms with E-state index in [1.807, 2.05) is 82.2 Å². The third-order valence-corrected chi connectivity index (χ3v) is 11.4. The van der Waals surface area contributed by atoms with Gasteiger partial charge < -0.3 is 40.3 Å². The Hall–Kier alpha value is -3.43. The number of thiazole rings is 1. The molecular weight excluding hydrogens is 721 g/mol. The molecule has 1 aromatic heterocycles. The fourth-order valence-electron chi connectivity index (χ4n) is 7.25. The molecular formula is C41H68N6O7S. The van der Waals surface area contributed by atoms with Gasteiger partial charge in [-0.25, -0.2) is 4.98 Å². The van der Waals surface area contributed by atoms with E-state index in [0.717, 1.165) is 29.8 Å². The van der Waals surface area contributed by atoms with Gasteiger partial charge in [0.2, 0.25) is 23.6 Å². The molecule has 8 atom stereocenters. The summed E-state index contributed by atoms with van der Waals surface area (Å²) in [5.74, 6) is -1.24. The first-order chi connectivity index (χ1) is 26.3. The first kappa shape index (κ1) is 47.7. The van der Waals surface area contributed by atoms with Crippen molar-refractivity contribution in [3.05, 3.63) is 52.5 Å². The molecule has 13 nitrogen and oxygen atoms in total. The van der Waals surface area contributed by atoms with Crippen molar-refractivity contribution < 1.29 is 33.8 Å². The zero-order chi connectivity index (χ0) is 41.1. The molecule has 1 aromatic carbocycles. The number of hydrogen-bond acceptors (Lipinski definition) is 10. The molecule has 0 aliphatic carbocycles. The molecule has 0 radical (unpaired) electrons. The summed E-state index contributed by atoms with van der Waals surface area (Å²) in [4.78, 5) is 61.9. The third-order valence-electron chi connectivity index (χ3n) is 10.6. The van der Waals surface area contributed by atoms with E-state index in [-0.39, 0.29) is 60.5 Å². The maximum atomic E-state index is 14.1. The lowest BCUT2D eigenvalue weighted by Crippen LogP contribution is -2.55. The van der Waals surface area contributed by atoms with Crippen molar-refractivity contribution >= 4 is 35.0 Å². The topological polar surface area (TPSA) is 162 Å². The molecule has 1 saturated heterocycles.